The lowest BCUT2D eigenvalue weighted by molar-refractivity contribution is -0.121. The van der Waals surface area contributed by atoms with Gasteiger partial charge in [0.1, 0.15) is 0 Å². The summed E-state index contributed by atoms with van der Waals surface area (Å²) >= 11 is 1.89. The molecule has 0 aromatic carbocycles. The van der Waals surface area contributed by atoms with Crippen LogP contribution in [-0.4, -0.2) is 30.0 Å². The summed E-state index contributed by atoms with van der Waals surface area (Å²) in [5.74, 6) is 0.216. The average Bonchev–Trinajstić information content (AvgIpc) is 3.07. The zero-order valence-corrected chi connectivity index (χ0v) is 11.1. The van der Waals surface area contributed by atoms with E-state index in [-0.39, 0.29) is 5.91 Å². The van der Waals surface area contributed by atoms with E-state index in [9.17, 15) is 4.79 Å². The van der Waals surface area contributed by atoms with Gasteiger partial charge in [-0.2, -0.15) is 11.8 Å². The van der Waals surface area contributed by atoms with Gasteiger partial charge in [-0.05, 0) is 38.5 Å². The molecule has 3 nitrogen and oxygen atoms in total. The third kappa shape index (κ3) is 5.21. The Morgan fingerprint density at radius 3 is 2.56 bits per heavy atom. The van der Waals surface area contributed by atoms with Gasteiger partial charge in [-0.3, -0.25) is 4.79 Å². The first-order valence-electron chi connectivity index (χ1n) is 6.24. The largest absolute Gasteiger partial charge is 0.355 e. The number of unbranched alkanes of at least 4 members (excludes halogenated alkanes) is 3. The average molecular weight is 244 g/mol. The lowest BCUT2D eigenvalue weighted by atomic mass is 10.1. The number of nitrogens with two attached hydrogens (primary N) is 1. The van der Waals surface area contributed by atoms with Crippen molar-refractivity contribution in [2.24, 2.45) is 5.73 Å². The molecule has 1 fully saturated rings. The number of amides is 1. The fourth-order valence-corrected chi connectivity index (χ4v) is 2.45. The van der Waals surface area contributed by atoms with Gasteiger partial charge in [-0.1, -0.05) is 12.8 Å². The van der Waals surface area contributed by atoms with Gasteiger partial charge in [0.2, 0.25) is 5.91 Å². The van der Waals surface area contributed by atoms with Crippen molar-refractivity contribution in [1.29, 1.82) is 0 Å². The van der Waals surface area contributed by atoms with Crippen LogP contribution < -0.4 is 11.1 Å². The Morgan fingerprint density at radius 1 is 1.31 bits per heavy atom. The van der Waals surface area contributed by atoms with Crippen LogP contribution in [-0.2, 0) is 4.79 Å². The maximum absolute atomic E-state index is 11.5. The van der Waals surface area contributed by atoms with E-state index in [0.29, 0.717) is 11.2 Å². The van der Waals surface area contributed by atoms with E-state index in [1.54, 1.807) is 0 Å². The third-order valence-electron chi connectivity index (χ3n) is 3.21. The Labute approximate surface area is 103 Å². The monoisotopic (exact) mass is 244 g/mol. The van der Waals surface area contributed by atoms with Gasteiger partial charge < -0.3 is 11.1 Å². The summed E-state index contributed by atoms with van der Waals surface area (Å²) in [6, 6.07) is 0. The van der Waals surface area contributed by atoms with Crippen LogP contribution in [0, 0.1) is 0 Å². The number of thioether (sulfide) groups is 1. The van der Waals surface area contributed by atoms with Gasteiger partial charge >= 0.3 is 0 Å². The Balaban J connectivity index is 1.95. The van der Waals surface area contributed by atoms with Crippen molar-refractivity contribution >= 4 is 17.7 Å². The van der Waals surface area contributed by atoms with Gasteiger partial charge in [-0.25, -0.2) is 0 Å². The van der Waals surface area contributed by atoms with Crippen LogP contribution in [0.5, 0.6) is 0 Å². The Bertz CT molecular complexity index is 217. The van der Waals surface area contributed by atoms with Crippen molar-refractivity contribution in [3.63, 3.8) is 0 Å². The number of hydrogen-bond donors (Lipinski definition) is 2. The zero-order valence-electron chi connectivity index (χ0n) is 10.3. The highest BCUT2D eigenvalue weighted by molar-refractivity contribution is 8.00. The molecule has 0 aromatic rings. The highest BCUT2D eigenvalue weighted by Crippen LogP contribution is 2.46. The van der Waals surface area contributed by atoms with Gasteiger partial charge in [-0.15, -0.1) is 0 Å². The highest BCUT2D eigenvalue weighted by atomic mass is 32.2. The molecule has 1 amide bonds. The van der Waals surface area contributed by atoms with E-state index in [0.717, 1.165) is 38.8 Å². The lowest BCUT2D eigenvalue weighted by Crippen LogP contribution is -2.31. The Morgan fingerprint density at radius 2 is 2.00 bits per heavy atom. The van der Waals surface area contributed by atoms with Crippen molar-refractivity contribution in [3.05, 3.63) is 0 Å². The molecule has 0 bridgehead atoms. The maximum atomic E-state index is 11.5. The molecule has 3 N–H and O–H groups in total. The summed E-state index contributed by atoms with van der Waals surface area (Å²) in [4.78, 5) is 11.5. The molecule has 0 saturated heterocycles. The molecule has 1 saturated carbocycles. The van der Waals surface area contributed by atoms with E-state index in [1.165, 1.54) is 12.8 Å². The first kappa shape index (κ1) is 13.8. The SMILES string of the molecule is CSC1(CNC(=O)CCCCCCN)CC1. The summed E-state index contributed by atoms with van der Waals surface area (Å²) in [5.41, 5.74) is 5.41. The van der Waals surface area contributed by atoms with E-state index in [2.05, 4.69) is 11.6 Å². The second kappa shape index (κ2) is 7.17. The molecule has 94 valence electrons. The van der Waals surface area contributed by atoms with Crippen LogP contribution >= 0.6 is 11.8 Å². The van der Waals surface area contributed by atoms with E-state index < -0.39 is 0 Å². The molecule has 0 radical (unpaired) electrons. The normalized spacial score (nSPS) is 17.1. The first-order valence-corrected chi connectivity index (χ1v) is 7.47. The third-order valence-corrected chi connectivity index (χ3v) is 4.62. The minimum Gasteiger partial charge on any atom is -0.355 e. The molecule has 0 atom stereocenters. The molecule has 1 aliphatic carbocycles. The topological polar surface area (TPSA) is 55.1 Å². The van der Waals surface area contributed by atoms with Gasteiger partial charge in [0.25, 0.3) is 0 Å². The predicted molar refractivity (Wildman–Crippen MR) is 70.6 cm³/mol. The molecule has 1 aliphatic rings. The summed E-state index contributed by atoms with van der Waals surface area (Å²) in [7, 11) is 0. The van der Waals surface area contributed by atoms with Crippen LogP contribution in [0.25, 0.3) is 0 Å². The second-order valence-corrected chi connectivity index (χ2v) is 5.89. The highest BCUT2D eigenvalue weighted by Gasteiger charge is 2.41. The van der Waals surface area contributed by atoms with E-state index in [4.69, 9.17) is 5.73 Å². The van der Waals surface area contributed by atoms with Crippen molar-refractivity contribution < 1.29 is 4.79 Å². The van der Waals surface area contributed by atoms with Crippen LogP contribution in [0.2, 0.25) is 0 Å². The van der Waals surface area contributed by atoms with Gasteiger partial charge in [0.15, 0.2) is 0 Å². The summed E-state index contributed by atoms with van der Waals surface area (Å²) in [6.45, 7) is 1.62. The van der Waals surface area contributed by atoms with E-state index >= 15 is 0 Å². The van der Waals surface area contributed by atoms with Crippen LogP contribution in [0.3, 0.4) is 0 Å². The first-order chi connectivity index (χ1) is 7.72. The maximum Gasteiger partial charge on any atom is 0.220 e. The second-order valence-electron chi connectivity index (χ2n) is 4.62. The van der Waals surface area contributed by atoms with Gasteiger partial charge in [0, 0.05) is 17.7 Å². The minimum absolute atomic E-state index is 0.216. The number of carbonyl (C=O) groups is 1. The summed E-state index contributed by atoms with van der Waals surface area (Å²) in [6.07, 6.45) is 9.67. The van der Waals surface area contributed by atoms with Crippen LogP contribution in [0.15, 0.2) is 0 Å². The lowest BCUT2D eigenvalue weighted by Gasteiger charge is -2.12. The van der Waals surface area contributed by atoms with Crippen molar-refractivity contribution in [3.8, 4) is 0 Å². The van der Waals surface area contributed by atoms with E-state index in [1.807, 2.05) is 11.8 Å². The quantitative estimate of drug-likeness (QED) is 0.609. The fraction of sp³-hybridized carbons (Fsp3) is 0.917. The molecule has 0 aromatic heterocycles. The number of rotatable bonds is 9. The Hall–Kier alpha value is -0.220. The molecule has 0 spiro atoms. The number of nitrogens with one attached hydrogen (secondary N) is 1. The standard InChI is InChI=1S/C12H24N2OS/c1-16-12(7-8-12)10-14-11(15)6-4-2-3-5-9-13/h2-10,13H2,1H3,(H,14,15). The molecule has 0 unspecified atom stereocenters. The number of hydrogen-bond acceptors (Lipinski definition) is 3. The molecule has 4 heteroatoms. The predicted octanol–water partition coefficient (Wildman–Crippen LogP) is 1.91. The summed E-state index contributed by atoms with van der Waals surface area (Å²) < 4.78 is 0.384. The van der Waals surface area contributed by atoms with Crippen molar-refractivity contribution in [1.82, 2.24) is 5.32 Å². The van der Waals surface area contributed by atoms with Crippen LogP contribution in [0.4, 0.5) is 0 Å². The molecule has 1 rings (SSSR count). The van der Waals surface area contributed by atoms with Crippen molar-refractivity contribution in [2.75, 3.05) is 19.3 Å². The molecule has 0 aliphatic heterocycles. The van der Waals surface area contributed by atoms with Crippen LogP contribution in [0.1, 0.15) is 44.9 Å². The molecule has 0 heterocycles. The summed E-state index contributed by atoms with van der Waals surface area (Å²) in [5, 5.41) is 3.04. The van der Waals surface area contributed by atoms with Crippen molar-refractivity contribution in [2.45, 2.75) is 49.7 Å². The fourth-order valence-electron chi connectivity index (χ4n) is 1.72. The minimum atomic E-state index is 0.216. The Kier molecular flexibility index (Phi) is 6.21. The zero-order chi connectivity index (χ0) is 11.9. The number of carbonyl (C=O) groups excluding carboxylic acids is 1. The molecule has 16 heavy (non-hydrogen) atoms. The molecular formula is C12H24N2OS. The smallest absolute Gasteiger partial charge is 0.220 e. The van der Waals surface area contributed by atoms with Gasteiger partial charge in [0.05, 0.1) is 0 Å². The molecular weight excluding hydrogens is 220 g/mol.